The first-order valence-electron chi connectivity index (χ1n) is 8.36. The maximum Gasteiger partial charge on any atom is 0.274 e. The second-order valence-electron chi connectivity index (χ2n) is 5.85. The van der Waals surface area contributed by atoms with E-state index < -0.39 is 0 Å². The van der Waals surface area contributed by atoms with E-state index in [1.165, 1.54) is 6.33 Å². The van der Waals surface area contributed by atoms with Crippen molar-refractivity contribution in [1.82, 2.24) is 20.2 Å². The highest BCUT2D eigenvalue weighted by Crippen LogP contribution is 2.19. The molecule has 1 saturated heterocycles. The number of rotatable bonds is 4. The van der Waals surface area contributed by atoms with E-state index in [1.807, 2.05) is 30.3 Å². The summed E-state index contributed by atoms with van der Waals surface area (Å²) in [7, 11) is 0. The Morgan fingerprint density at radius 1 is 1.12 bits per heavy atom. The summed E-state index contributed by atoms with van der Waals surface area (Å²) in [6, 6.07) is 13.2. The number of morpholine rings is 1. The number of carbonyl (C=O) groups is 1. The Balaban J connectivity index is 1.47. The molecule has 8 heteroatoms. The summed E-state index contributed by atoms with van der Waals surface area (Å²) in [5, 5.41) is 9.75. The number of benzene rings is 1. The van der Waals surface area contributed by atoms with Gasteiger partial charge in [-0.2, -0.15) is 5.10 Å². The molecule has 0 spiro atoms. The molecule has 1 amide bonds. The van der Waals surface area contributed by atoms with Crippen LogP contribution in [0.25, 0.3) is 11.3 Å². The molecule has 0 atom stereocenters. The number of H-pyrrole nitrogens is 1. The number of nitrogens with zero attached hydrogens (tertiary/aromatic N) is 4. The van der Waals surface area contributed by atoms with E-state index in [9.17, 15) is 4.79 Å². The van der Waals surface area contributed by atoms with Crippen LogP contribution in [0.15, 0.2) is 48.8 Å². The van der Waals surface area contributed by atoms with E-state index in [2.05, 4.69) is 30.4 Å². The molecule has 0 saturated carbocycles. The van der Waals surface area contributed by atoms with Crippen LogP contribution in [-0.4, -0.2) is 52.4 Å². The zero-order chi connectivity index (χ0) is 17.8. The number of nitrogens with one attached hydrogen (secondary N) is 2. The molecule has 1 aliphatic heterocycles. The van der Waals surface area contributed by atoms with Crippen molar-refractivity contribution >= 4 is 17.5 Å². The summed E-state index contributed by atoms with van der Waals surface area (Å²) in [5.74, 6) is 0.918. The molecule has 3 aromatic rings. The molecule has 4 rings (SSSR count). The molecule has 2 N–H and O–H groups in total. The summed E-state index contributed by atoms with van der Waals surface area (Å²) in [5.41, 5.74) is 2.03. The highest BCUT2D eigenvalue weighted by atomic mass is 16.5. The van der Waals surface area contributed by atoms with E-state index in [0.717, 1.165) is 24.5 Å². The summed E-state index contributed by atoms with van der Waals surface area (Å²) >= 11 is 0. The van der Waals surface area contributed by atoms with Gasteiger partial charge in [-0.3, -0.25) is 9.89 Å². The van der Waals surface area contributed by atoms with Crippen LogP contribution in [0.2, 0.25) is 0 Å². The van der Waals surface area contributed by atoms with Gasteiger partial charge in [-0.05, 0) is 6.07 Å². The average molecular weight is 350 g/mol. The second kappa shape index (κ2) is 7.32. The maximum atomic E-state index is 12.5. The molecule has 1 aromatic carbocycles. The number of aromatic amines is 1. The fourth-order valence-corrected chi connectivity index (χ4v) is 2.76. The summed E-state index contributed by atoms with van der Waals surface area (Å²) in [6.45, 7) is 2.88. The molecule has 26 heavy (non-hydrogen) atoms. The van der Waals surface area contributed by atoms with Crippen LogP contribution in [0.3, 0.4) is 0 Å². The van der Waals surface area contributed by atoms with Gasteiger partial charge in [0.1, 0.15) is 23.7 Å². The Bertz CT molecular complexity index is 889. The van der Waals surface area contributed by atoms with Gasteiger partial charge in [0.05, 0.1) is 18.9 Å². The van der Waals surface area contributed by atoms with Crippen LogP contribution in [-0.2, 0) is 4.74 Å². The van der Waals surface area contributed by atoms with Gasteiger partial charge in [-0.1, -0.05) is 30.3 Å². The first kappa shape index (κ1) is 16.2. The molecule has 1 aliphatic rings. The highest BCUT2D eigenvalue weighted by Gasteiger charge is 2.15. The lowest BCUT2D eigenvalue weighted by molar-refractivity contribution is 0.102. The minimum atomic E-state index is -0.300. The largest absolute Gasteiger partial charge is 0.378 e. The number of amides is 1. The Hall–Kier alpha value is -3.26. The molecular formula is C18H18N6O2. The minimum Gasteiger partial charge on any atom is -0.378 e. The van der Waals surface area contributed by atoms with Gasteiger partial charge in [0.2, 0.25) is 0 Å². The molecule has 0 unspecified atom stereocenters. The summed E-state index contributed by atoms with van der Waals surface area (Å²) in [6.07, 6.45) is 1.45. The van der Waals surface area contributed by atoms with Crippen molar-refractivity contribution in [3.63, 3.8) is 0 Å². The number of aromatic nitrogens is 4. The molecule has 0 aliphatic carbocycles. The number of anilines is 2. The van der Waals surface area contributed by atoms with Gasteiger partial charge in [0.25, 0.3) is 5.91 Å². The molecule has 2 aromatic heterocycles. The average Bonchev–Trinajstić information content (AvgIpc) is 3.20. The predicted molar refractivity (Wildman–Crippen MR) is 97.0 cm³/mol. The van der Waals surface area contributed by atoms with Gasteiger partial charge < -0.3 is 15.0 Å². The van der Waals surface area contributed by atoms with Crippen LogP contribution in [0, 0.1) is 0 Å². The van der Waals surface area contributed by atoms with Crippen molar-refractivity contribution in [2.75, 3.05) is 36.5 Å². The van der Waals surface area contributed by atoms with E-state index >= 15 is 0 Å². The third kappa shape index (κ3) is 3.55. The molecule has 0 bridgehead atoms. The standard InChI is InChI=1S/C18H18N6O2/c25-18(15-10-14(22-23-15)13-4-2-1-3-5-13)21-16-11-17(20-12-19-16)24-6-8-26-9-7-24/h1-5,10-12H,6-9H2,(H,22,23)(H,19,20,21,25). The summed E-state index contributed by atoms with van der Waals surface area (Å²) < 4.78 is 5.35. The van der Waals surface area contributed by atoms with E-state index in [0.29, 0.717) is 30.4 Å². The van der Waals surface area contributed by atoms with Crippen molar-refractivity contribution < 1.29 is 9.53 Å². The van der Waals surface area contributed by atoms with Crippen LogP contribution in [0.5, 0.6) is 0 Å². The normalized spacial score (nSPS) is 14.2. The fourth-order valence-electron chi connectivity index (χ4n) is 2.76. The van der Waals surface area contributed by atoms with Gasteiger partial charge in [-0.15, -0.1) is 0 Å². The fraction of sp³-hybridized carbons (Fsp3) is 0.222. The van der Waals surface area contributed by atoms with Crippen LogP contribution in [0.4, 0.5) is 11.6 Å². The third-order valence-electron chi connectivity index (χ3n) is 4.12. The van der Waals surface area contributed by atoms with Crippen molar-refractivity contribution in [1.29, 1.82) is 0 Å². The Morgan fingerprint density at radius 3 is 2.73 bits per heavy atom. The van der Waals surface area contributed by atoms with E-state index in [1.54, 1.807) is 12.1 Å². The molecule has 1 fully saturated rings. The first-order valence-corrected chi connectivity index (χ1v) is 8.36. The Labute approximate surface area is 150 Å². The number of ether oxygens (including phenoxy) is 1. The number of hydrogen-bond donors (Lipinski definition) is 2. The van der Waals surface area contributed by atoms with Crippen molar-refractivity contribution in [3.05, 3.63) is 54.5 Å². The lowest BCUT2D eigenvalue weighted by atomic mass is 10.1. The zero-order valence-corrected chi connectivity index (χ0v) is 14.1. The minimum absolute atomic E-state index is 0.300. The molecule has 0 radical (unpaired) electrons. The summed E-state index contributed by atoms with van der Waals surface area (Å²) in [4.78, 5) is 23.0. The van der Waals surface area contributed by atoms with Crippen molar-refractivity contribution in [2.45, 2.75) is 0 Å². The maximum absolute atomic E-state index is 12.5. The quantitative estimate of drug-likeness (QED) is 0.747. The number of hydrogen-bond acceptors (Lipinski definition) is 6. The molecule has 8 nitrogen and oxygen atoms in total. The smallest absolute Gasteiger partial charge is 0.274 e. The zero-order valence-electron chi connectivity index (χ0n) is 14.1. The van der Waals surface area contributed by atoms with E-state index in [-0.39, 0.29) is 5.91 Å². The lowest BCUT2D eigenvalue weighted by Gasteiger charge is -2.27. The van der Waals surface area contributed by atoms with Crippen molar-refractivity contribution in [3.8, 4) is 11.3 Å². The van der Waals surface area contributed by atoms with Crippen molar-refractivity contribution in [2.24, 2.45) is 0 Å². The molecule has 3 heterocycles. The topological polar surface area (TPSA) is 96.0 Å². The van der Waals surface area contributed by atoms with Crippen LogP contribution < -0.4 is 10.2 Å². The van der Waals surface area contributed by atoms with Gasteiger partial charge in [-0.25, -0.2) is 9.97 Å². The first-order chi connectivity index (χ1) is 12.8. The SMILES string of the molecule is O=C(Nc1cc(N2CCOCC2)ncn1)c1cc(-c2ccccc2)n[nH]1. The monoisotopic (exact) mass is 350 g/mol. The Morgan fingerprint density at radius 2 is 1.92 bits per heavy atom. The predicted octanol–water partition coefficient (Wildman–Crippen LogP) is 1.96. The second-order valence-corrected chi connectivity index (χ2v) is 5.85. The van der Waals surface area contributed by atoms with Gasteiger partial charge in [0, 0.05) is 24.7 Å². The lowest BCUT2D eigenvalue weighted by Crippen LogP contribution is -2.36. The van der Waals surface area contributed by atoms with Gasteiger partial charge in [0.15, 0.2) is 0 Å². The molecular weight excluding hydrogens is 332 g/mol. The number of carbonyl (C=O) groups excluding carboxylic acids is 1. The Kier molecular flexibility index (Phi) is 4.57. The van der Waals surface area contributed by atoms with Gasteiger partial charge >= 0.3 is 0 Å². The third-order valence-corrected chi connectivity index (χ3v) is 4.12. The highest BCUT2D eigenvalue weighted by molar-refractivity contribution is 6.03. The van der Waals surface area contributed by atoms with E-state index in [4.69, 9.17) is 4.74 Å². The molecule has 132 valence electrons. The van der Waals surface area contributed by atoms with Crippen LogP contribution >= 0.6 is 0 Å². The van der Waals surface area contributed by atoms with Crippen LogP contribution in [0.1, 0.15) is 10.5 Å².